The van der Waals surface area contributed by atoms with E-state index in [1.165, 1.54) is 135 Å². The summed E-state index contributed by atoms with van der Waals surface area (Å²) in [5.41, 5.74) is 0. The first kappa shape index (κ1) is 50.8. The van der Waals surface area contributed by atoms with E-state index >= 15 is 0 Å². The molecule has 1 atom stereocenters. The normalized spacial score (nSPS) is 13.0. The van der Waals surface area contributed by atoms with Gasteiger partial charge >= 0.3 is 5.97 Å². The fourth-order valence-corrected chi connectivity index (χ4v) is 6.17. The molecule has 0 radical (unpaired) electrons. The Balaban J connectivity index is 3.48. The number of rotatable bonds is 41. The van der Waals surface area contributed by atoms with E-state index in [1.807, 2.05) is 0 Å². The van der Waals surface area contributed by atoms with Gasteiger partial charge in [-0.1, -0.05) is 189 Å². The van der Waals surface area contributed by atoms with Gasteiger partial charge in [0.05, 0.1) is 13.2 Å². The SMILES string of the molecule is CC/C=C\C/C=C\C/C=C\C/C=C\C/C=C\CCCCCCCCCCCC(=O)OC(CO)COCCCCCCCC/C=C\CCCCCCCC. The van der Waals surface area contributed by atoms with Crippen molar-refractivity contribution in [2.24, 2.45) is 0 Å². The van der Waals surface area contributed by atoms with Crippen molar-refractivity contribution in [3.8, 4) is 0 Å². The number of hydrogen-bond donors (Lipinski definition) is 1. The van der Waals surface area contributed by atoms with Gasteiger partial charge in [0.1, 0.15) is 6.10 Å². The Morgan fingerprint density at radius 2 is 0.849 bits per heavy atom. The first-order valence-corrected chi connectivity index (χ1v) is 22.5. The summed E-state index contributed by atoms with van der Waals surface area (Å²) in [7, 11) is 0. The number of aliphatic hydroxyl groups excluding tert-OH is 1. The van der Waals surface area contributed by atoms with Gasteiger partial charge in [-0.3, -0.25) is 4.79 Å². The second-order valence-corrected chi connectivity index (χ2v) is 14.7. The van der Waals surface area contributed by atoms with Gasteiger partial charge in [-0.15, -0.1) is 0 Å². The van der Waals surface area contributed by atoms with Crippen molar-refractivity contribution in [3.05, 3.63) is 72.9 Å². The number of carbonyl (C=O) groups is 1. The number of allylic oxidation sites excluding steroid dienone is 12. The molecule has 0 spiro atoms. The van der Waals surface area contributed by atoms with Crippen molar-refractivity contribution in [1.29, 1.82) is 0 Å². The Bertz CT molecular complexity index is 911. The molecule has 0 aromatic heterocycles. The molecule has 0 aliphatic heterocycles. The van der Waals surface area contributed by atoms with Gasteiger partial charge < -0.3 is 14.6 Å². The largest absolute Gasteiger partial charge is 0.457 e. The lowest BCUT2D eigenvalue weighted by Crippen LogP contribution is -2.27. The molecule has 0 rings (SSSR count). The van der Waals surface area contributed by atoms with Crippen LogP contribution >= 0.6 is 0 Å². The van der Waals surface area contributed by atoms with Crippen LogP contribution in [-0.4, -0.2) is 37.0 Å². The van der Waals surface area contributed by atoms with Crippen LogP contribution in [0, 0.1) is 0 Å². The Morgan fingerprint density at radius 3 is 1.30 bits per heavy atom. The molecule has 4 nitrogen and oxygen atoms in total. The number of esters is 1. The summed E-state index contributed by atoms with van der Waals surface area (Å²) in [5.74, 6) is -0.211. The molecule has 0 aromatic carbocycles. The molecule has 0 aromatic rings. The maximum absolute atomic E-state index is 12.2. The Morgan fingerprint density at radius 1 is 0.472 bits per heavy atom. The molecule has 306 valence electrons. The number of ether oxygens (including phenoxy) is 2. The maximum atomic E-state index is 12.2. The third-order valence-electron chi connectivity index (χ3n) is 9.52. The van der Waals surface area contributed by atoms with Crippen LogP contribution in [0.3, 0.4) is 0 Å². The molecule has 0 amide bonds. The van der Waals surface area contributed by atoms with Gasteiger partial charge in [-0.05, 0) is 83.5 Å². The summed E-state index contributed by atoms with van der Waals surface area (Å²) < 4.78 is 11.2. The molecule has 0 aliphatic rings. The van der Waals surface area contributed by atoms with E-state index in [0.29, 0.717) is 13.0 Å². The predicted molar refractivity (Wildman–Crippen MR) is 232 cm³/mol. The molecule has 0 heterocycles. The zero-order valence-corrected chi connectivity index (χ0v) is 35.0. The number of hydrogen-bond acceptors (Lipinski definition) is 4. The average molecular weight is 739 g/mol. The van der Waals surface area contributed by atoms with Crippen LogP contribution in [0.4, 0.5) is 0 Å². The maximum Gasteiger partial charge on any atom is 0.306 e. The molecule has 0 fully saturated rings. The van der Waals surface area contributed by atoms with E-state index in [0.717, 1.165) is 51.4 Å². The molecule has 0 saturated carbocycles. The molecular formula is C49H86O4. The molecule has 53 heavy (non-hydrogen) atoms. The van der Waals surface area contributed by atoms with Crippen LogP contribution < -0.4 is 0 Å². The lowest BCUT2D eigenvalue weighted by atomic mass is 10.1. The van der Waals surface area contributed by atoms with Crippen LogP contribution in [0.2, 0.25) is 0 Å². The van der Waals surface area contributed by atoms with Crippen LogP contribution in [-0.2, 0) is 14.3 Å². The highest BCUT2D eigenvalue weighted by Gasteiger charge is 2.13. The van der Waals surface area contributed by atoms with Crippen LogP contribution in [0.25, 0.3) is 0 Å². The van der Waals surface area contributed by atoms with Gasteiger partial charge in [-0.25, -0.2) is 0 Å². The topological polar surface area (TPSA) is 55.8 Å². The fraction of sp³-hybridized carbons (Fsp3) is 0.735. The van der Waals surface area contributed by atoms with E-state index in [2.05, 4.69) is 86.8 Å². The number of carbonyl (C=O) groups excluding carboxylic acids is 1. The minimum Gasteiger partial charge on any atom is -0.457 e. The summed E-state index contributed by atoms with van der Waals surface area (Å²) in [6.07, 6.45) is 62.5. The second kappa shape index (κ2) is 46.0. The summed E-state index contributed by atoms with van der Waals surface area (Å²) in [4.78, 5) is 12.2. The summed E-state index contributed by atoms with van der Waals surface area (Å²) in [6, 6.07) is 0. The molecule has 0 bridgehead atoms. The molecule has 1 unspecified atom stereocenters. The minimum atomic E-state index is -0.544. The number of aliphatic hydroxyl groups is 1. The van der Waals surface area contributed by atoms with Crippen molar-refractivity contribution in [2.75, 3.05) is 19.8 Å². The van der Waals surface area contributed by atoms with Crippen LogP contribution in [0.1, 0.15) is 206 Å². The van der Waals surface area contributed by atoms with Crippen LogP contribution in [0.15, 0.2) is 72.9 Å². The Kier molecular flexibility index (Phi) is 44.1. The predicted octanol–water partition coefficient (Wildman–Crippen LogP) is 15.0. The lowest BCUT2D eigenvalue weighted by Gasteiger charge is -2.15. The third kappa shape index (κ3) is 44.1. The Labute approximate surface area is 329 Å². The minimum absolute atomic E-state index is 0.179. The van der Waals surface area contributed by atoms with Gasteiger partial charge in [0, 0.05) is 13.0 Å². The first-order valence-electron chi connectivity index (χ1n) is 22.5. The van der Waals surface area contributed by atoms with Gasteiger partial charge in [0.15, 0.2) is 0 Å². The van der Waals surface area contributed by atoms with Gasteiger partial charge in [0.2, 0.25) is 0 Å². The highest BCUT2D eigenvalue weighted by Crippen LogP contribution is 2.13. The van der Waals surface area contributed by atoms with Crippen molar-refractivity contribution < 1.29 is 19.4 Å². The van der Waals surface area contributed by atoms with E-state index < -0.39 is 6.10 Å². The van der Waals surface area contributed by atoms with Gasteiger partial charge in [-0.2, -0.15) is 0 Å². The summed E-state index contributed by atoms with van der Waals surface area (Å²) >= 11 is 0. The monoisotopic (exact) mass is 739 g/mol. The zero-order chi connectivity index (χ0) is 38.4. The van der Waals surface area contributed by atoms with E-state index in [-0.39, 0.29) is 19.2 Å². The molecule has 0 aliphatic carbocycles. The smallest absolute Gasteiger partial charge is 0.306 e. The lowest BCUT2D eigenvalue weighted by molar-refractivity contribution is -0.154. The summed E-state index contributed by atoms with van der Waals surface area (Å²) in [5, 5.41) is 9.61. The molecular weight excluding hydrogens is 653 g/mol. The van der Waals surface area contributed by atoms with Crippen molar-refractivity contribution >= 4 is 5.97 Å². The average Bonchev–Trinajstić information content (AvgIpc) is 3.16. The molecule has 4 heteroatoms. The highest BCUT2D eigenvalue weighted by molar-refractivity contribution is 5.69. The highest BCUT2D eigenvalue weighted by atomic mass is 16.6. The fourth-order valence-electron chi connectivity index (χ4n) is 6.17. The Hall–Kier alpha value is -2.17. The first-order chi connectivity index (χ1) is 26.2. The quantitative estimate of drug-likeness (QED) is 0.0385. The zero-order valence-electron chi connectivity index (χ0n) is 35.0. The van der Waals surface area contributed by atoms with Crippen molar-refractivity contribution in [3.63, 3.8) is 0 Å². The van der Waals surface area contributed by atoms with Crippen LogP contribution in [0.5, 0.6) is 0 Å². The molecule has 1 N–H and O–H groups in total. The summed E-state index contributed by atoms with van der Waals surface area (Å²) in [6.45, 7) is 5.21. The van der Waals surface area contributed by atoms with E-state index in [4.69, 9.17) is 9.47 Å². The van der Waals surface area contributed by atoms with E-state index in [9.17, 15) is 9.90 Å². The van der Waals surface area contributed by atoms with Crippen molar-refractivity contribution in [1.82, 2.24) is 0 Å². The third-order valence-corrected chi connectivity index (χ3v) is 9.52. The van der Waals surface area contributed by atoms with E-state index in [1.54, 1.807) is 0 Å². The van der Waals surface area contributed by atoms with Crippen molar-refractivity contribution in [2.45, 2.75) is 213 Å². The standard InChI is InChI=1S/C49H86O4/c1-3-5-7-9-11-13-15-17-19-21-22-23-24-25-26-27-28-29-30-32-34-36-38-40-42-44-49(51)53-48(46-50)47-52-45-43-41-39-37-35-33-31-20-18-16-14-12-10-8-6-4-2/h5,7,11,13,17-20,22-23,25-26,48,50H,3-4,6,8-10,12,14-16,21,24,27-47H2,1-2H3/b7-5-,13-11-,19-17-,20-18-,23-22-,26-25-. The number of unbranched alkanes of at least 4 members (excludes halogenated alkanes) is 21. The van der Waals surface area contributed by atoms with Gasteiger partial charge in [0.25, 0.3) is 0 Å². The second-order valence-electron chi connectivity index (χ2n) is 14.7. The molecule has 0 saturated heterocycles.